The van der Waals surface area contributed by atoms with E-state index in [-0.39, 0.29) is 11.9 Å². The minimum absolute atomic E-state index is 0.111. The molecule has 2 saturated heterocycles. The maximum Gasteiger partial charge on any atom is 0.240 e. The third kappa shape index (κ3) is 5.89. The fraction of sp³-hybridized carbons (Fsp3) is 0.433. The van der Waals surface area contributed by atoms with Crippen molar-refractivity contribution in [2.24, 2.45) is 0 Å². The molecule has 0 radical (unpaired) electrons. The smallest absolute Gasteiger partial charge is 0.240 e. The topological polar surface area (TPSA) is 45.2 Å². The quantitative estimate of drug-likeness (QED) is 0.449. The number of hydrogen-bond donors (Lipinski definition) is 0. The molecule has 0 bridgehead atoms. The lowest BCUT2D eigenvalue weighted by Gasteiger charge is -2.30. The fourth-order valence-corrected chi connectivity index (χ4v) is 6.79. The molecule has 6 nitrogen and oxygen atoms in total. The molecule has 0 unspecified atom stereocenters. The summed E-state index contributed by atoms with van der Waals surface area (Å²) >= 11 is 1.87. The van der Waals surface area contributed by atoms with E-state index in [9.17, 15) is 4.79 Å². The number of carbonyl (C=O) groups excluding carboxylic acids is 1. The van der Waals surface area contributed by atoms with E-state index in [1.807, 2.05) is 23.9 Å². The van der Waals surface area contributed by atoms with E-state index in [2.05, 4.69) is 70.3 Å². The van der Waals surface area contributed by atoms with Crippen molar-refractivity contribution in [1.82, 2.24) is 14.7 Å². The molecule has 2 atom stereocenters. The lowest BCUT2D eigenvalue weighted by atomic mass is 10.0. The van der Waals surface area contributed by atoms with E-state index in [0.717, 1.165) is 69.0 Å². The molecular formula is C30H37N3O3S. The van der Waals surface area contributed by atoms with Crippen LogP contribution in [0.1, 0.15) is 18.4 Å². The zero-order valence-electron chi connectivity index (χ0n) is 22.1. The molecule has 2 aliphatic rings. The van der Waals surface area contributed by atoms with Crippen LogP contribution in [0.15, 0.2) is 65.6 Å². The second-order valence-corrected chi connectivity index (χ2v) is 11.4. The summed E-state index contributed by atoms with van der Waals surface area (Å²) in [6.45, 7) is 5.25. The average molecular weight is 520 g/mol. The van der Waals surface area contributed by atoms with Crippen LogP contribution in [0.4, 0.5) is 0 Å². The summed E-state index contributed by atoms with van der Waals surface area (Å²) in [7, 11) is 5.55. The van der Waals surface area contributed by atoms with Crippen molar-refractivity contribution >= 4 is 28.4 Å². The Balaban J connectivity index is 1.40. The molecule has 2 aliphatic heterocycles. The highest BCUT2D eigenvalue weighted by atomic mass is 32.2. The van der Waals surface area contributed by atoms with Gasteiger partial charge in [0.2, 0.25) is 5.91 Å². The van der Waals surface area contributed by atoms with Gasteiger partial charge in [0, 0.05) is 48.3 Å². The normalized spacial score (nSPS) is 21.2. The average Bonchev–Trinajstić information content (AvgIpc) is 3.18. The summed E-state index contributed by atoms with van der Waals surface area (Å²) < 4.78 is 10.9. The van der Waals surface area contributed by atoms with Gasteiger partial charge in [-0.05, 0) is 67.7 Å². The zero-order valence-corrected chi connectivity index (χ0v) is 22.9. The van der Waals surface area contributed by atoms with Gasteiger partial charge in [-0.3, -0.25) is 9.69 Å². The third-order valence-electron chi connectivity index (χ3n) is 7.61. The third-order valence-corrected chi connectivity index (χ3v) is 8.83. The Bertz CT molecular complexity index is 1220. The highest BCUT2D eigenvalue weighted by Crippen LogP contribution is 2.36. The SMILES string of the molecule is COc1ccc(S[C@@H]2C[C@@H](C(=O)N3CCCN(C)CC3)N(Cc3ccc(OC)c4ccccc34)C2)cc1. The highest BCUT2D eigenvalue weighted by Gasteiger charge is 2.39. The minimum Gasteiger partial charge on any atom is -0.497 e. The van der Waals surface area contributed by atoms with Crippen LogP contribution in [0.3, 0.4) is 0 Å². The molecule has 196 valence electrons. The Hall–Kier alpha value is -2.74. The number of amides is 1. The number of nitrogens with zero attached hydrogens (tertiary/aromatic N) is 3. The fourth-order valence-electron chi connectivity index (χ4n) is 5.57. The van der Waals surface area contributed by atoms with E-state index in [1.165, 1.54) is 15.8 Å². The van der Waals surface area contributed by atoms with Crippen LogP contribution in [0, 0.1) is 0 Å². The number of carbonyl (C=O) groups is 1. The van der Waals surface area contributed by atoms with Crippen molar-refractivity contribution in [1.29, 1.82) is 0 Å². The number of rotatable bonds is 7. The lowest BCUT2D eigenvalue weighted by molar-refractivity contribution is -0.136. The summed E-state index contributed by atoms with van der Waals surface area (Å²) in [5.41, 5.74) is 1.24. The van der Waals surface area contributed by atoms with E-state index >= 15 is 0 Å². The first-order valence-electron chi connectivity index (χ1n) is 13.1. The van der Waals surface area contributed by atoms with Gasteiger partial charge in [0.15, 0.2) is 0 Å². The van der Waals surface area contributed by atoms with Crippen LogP contribution in [-0.4, -0.2) is 85.9 Å². The molecule has 5 rings (SSSR count). The number of thioether (sulfide) groups is 1. The van der Waals surface area contributed by atoms with Crippen molar-refractivity contribution in [3.05, 3.63) is 66.2 Å². The molecule has 3 aromatic carbocycles. The summed E-state index contributed by atoms with van der Waals surface area (Å²) in [5, 5.41) is 2.65. The van der Waals surface area contributed by atoms with Gasteiger partial charge < -0.3 is 19.3 Å². The molecule has 37 heavy (non-hydrogen) atoms. The number of likely N-dealkylation sites (tertiary alicyclic amines) is 1. The number of likely N-dealkylation sites (N-methyl/N-ethyl adjacent to an activating group) is 1. The molecule has 0 aliphatic carbocycles. The molecule has 0 spiro atoms. The Labute approximate surface area is 224 Å². The van der Waals surface area contributed by atoms with Crippen molar-refractivity contribution < 1.29 is 14.3 Å². The van der Waals surface area contributed by atoms with Crippen molar-refractivity contribution in [2.75, 3.05) is 54.0 Å². The maximum atomic E-state index is 13.9. The Morgan fingerprint density at radius 2 is 1.70 bits per heavy atom. The van der Waals surface area contributed by atoms with Gasteiger partial charge in [-0.25, -0.2) is 0 Å². The van der Waals surface area contributed by atoms with Crippen LogP contribution < -0.4 is 9.47 Å². The van der Waals surface area contributed by atoms with Crippen LogP contribution >= 0.6 is 11.8 Å². The van der Waals surface area contributed by atoms with Crippen molar-refractivity contribution in [3.8, 4) is 11.5 Å². The maximum absolute atomic E-state index is 13.9. The van der Waals surface area contributed by atoms with Crippen molar-refractivity contribution in [3.63, 3.8) is 0 Å². The number of ether oxygens (including phenoxy) is 2. The lowest BCUT2D eigenvalue weighted by Crippen LogP contribution is -2.46. The molecule has 7 heteroatoms. The number of hydrogen-bond acceptors (Lipinski definition) is 6. The summed E-state index contributed by atoms with van der Waals surface area (Å²) in [5.74, 6) is 2.03. The number of benzene rings is 3. The molecule has 2 heterocycles. The van der Waals surface area contributed by atoms with Crippen LogP contribution in [0.25, 0.3) is 10.8 Å². The molecule has 0 N–H and O–H groups in total. The van der Waals surface area contributed by atoms with Gasteiger partial charge in [-0.15, -0.1) is 11.8 Å². The molecule has 0 aromatic heterocycles. The van der Waals surface area contributed by atoms with Crippen LogP contribution in [-0.2, 0) is 11.3 Å². The first-order chi connectivity index (χ1) is 18.1. The standard InChI is InChI=1S/C30H37N3O3S/c1-31-15-6-16-32(18-17-31)30(34)28-19-25(37-24-12-10-23(35-2)11-13-24)21-33(28)20-22-9-14-29(36-3)27-8-5-4-7-26(22)27/h4-5,7-14,25,28H,6,15-21H2,1-3H3/t25-,28+/m1/s1. The molecule has 3 aromatic rings. The predicted octanol–water partition coefficient (Wildman–Crippen LogP) is 4.76. The van der Waals surface area contributed by atoms with Crippen LogP contribution in [0.2, 0.25) is 0 Å². The predicted molar refractivity (Wildman–Crippen MR) is 151 cm³/mol. The zero-order chi connectivity index (χ0) is 25.8. The van der Waals surface area contributed by atoms with Crippen LogP contribution in [0.5, 0.6) is 11.5 Å². The van der Waals surface area contributed by atoms with Gasteiger partial charge >= 0.3 is 0 Å². The number of fused-ring (bicyclic) bond motifs is 1. The summed E-state index contributed by atoms with van der Waals surface area (Å²) in [4.78, 5) is 22.0. The summed E-state index contributed by atoms with van der Waals surface area (Å²) in [6, 6.07) is 20.8. The van der Waals surface area contributed by atoms with Gasteiger partial charge in [0.05, 0.1) is 20.3 Å². The van der Waals surface area contributed by atoms with E-state index in [1.54, 1.807) is 14.2 Å². The Morgan fingerprint density at radius 1 is 0.919 bits per heavy atom. The van der Waals surface area contributed by atoms with Gasteiger partial charge in [0.1, 0.15) is 11.5 Å². The Morgan fingerprint density at radius 3 is 2.46 bits per heavy atom. The molecule has 0 saturated carbocycles. The van der Waals surface area contributed by atoms with E-state index < -0.39 is 0 Å². The first kappa shape index (κ1) is 25.9. The summed E-state index contributed by atoms with van der Waals surface area (Å²) in [6.07, 6.45) is 1.89. The highest BCUT2D eigenvalue weighted by molar-refractivity contribution is 8.00. The molecule has 1 amide bonds. The van der Waals surface area contributed by atoms with Gasteiger partial charge in [0.25, 0.3) is 0 Å². The molecule has 2 fully saturated rings. The van der Waals surface area contributed by atoms with Gasteiger partial charge in [-0.1, -0.05) is 30.3 Å². The van der Waals surface area contributed by atoms with Crippen molar-refractivity contribution in [2.45, 2.75) is 35.6 Å². The monoisotopic (exact) mass is 519 g/mol. The largest absolute Gasteiger partial charge is 0.497 e. The second kappa shape index (κ2) is 11.8. The van der Waals surface area contributed by atoms with E-state index in [0.29, 0.717) is 5.25 Å². The number of methoxy groups -OCH3 is 2. The Kier molecular flexibility index (Phi) is 8.23. The first-order valence-corrected chi connectivity index (χ1v) is 14.0. The van der Waals surface area contributed by atoms with Gasteiger partial charge in [-0.2, -0.15) is 0 Å². The van der Waals surface area contributed by atoms with E-state index in [4.69, 9.17) is 9.47 Å². The minimum atomic E-state index is -0.111. The molecular weight excluding hydrogens is 482 g/mol. The second-order valence-electron chi connectivity index (χ2n) is 10.1.